The third-order valence-electron chi connectivity index (χ3n) is 2.97. The smallest absolute Gasteiger partial charge is 0.117 e. The topological polar surface area (TPSA) is 50.9 Å². The molecule has 2 unspecified atom stereocenters. The summed E-state index contributed by atoms with van der Waals surface area (Å²) in [5.74, 6) is 0.459. The molecule has 0 spiro atoms. The van der Waals surface area contributed by atoms with Crippen LogP contribution in [0, 0.1) is 5.92 Å². The number of nitrogens with two attached hydrogens (primary N) is 1. The highest BCUT2D eigenvalue weighted by molar-refractivity contribution is 7.11. The van der Waals surface area contributed by atoms with Crippen LogP contribution in [-0.4, -0.2) is 17.0 Å². The van der Waals surface area contributed by atoms with E-state index >= 15 is 0 Å². The van der Waals surface area contributed by atoms with Crippen LogP contribution in [0.3, 0.4) is 0 Å². The Morgan fingerprint density at radius 3 is 2.88 bits per heavy atom. The molecule has 2 rings (SSSR count). The Kier molecular flexibility index (Phi) is 3.41. The Hall–Kier alpha value is -1.13. The molecule has 0 radical (unpaired) electrons. The van der Waals surface area contributed by atoms with Gasteiger partial charge in [-0.3, -0.25) is 0 Å². The normalized spacial score (nSPS) is 14.9. The lowest BCUT2D eigenvalue weighted by Crippen LogP contribution is -2.29. The minimum atomic E-state index is 0.369. The molecule has 0 aliphatic heterocycles. The molecule has 1 aromatic carbocycles. The van der Waals surface area contributed by atoms with E-state index in [9.17, 15) is 0 Å². The van der Waals surface area contributed by atoms with Gasteiger partial charge in [0.1, 0.15) is 5.00 Å². The van der Waals surface area contributed by atoms with Crippen molar-refractivity contribution in [2.45, 2.75) is 19.9 Å². The zero-order valence-electron chi connectivity index (χ0n) is 9.60. The van der Waals surface area contributed by atoms with Crippen molar-refractivity contribution in [2.24, 2.45) is 11.7 Å². The van der Waals surface area contributed by atoms with Gasteiger partial charge in [-0.15, -0.1) is 0 Å². The van der Waals surface area contributed by atoms with Crippen molar-refractivity contribution < 1.29 is 0 Å². The highest BCUT2D eigenvalue weighted by atomic mass is 32.1. The summed E-state index contributed by atoms with van der Waals surface area (Å²) in [6.07, 6.45) is 0. The van der Waals surface area contributed by atoms with Gasteiger partial charge in [0, 0.05) is 11.4 Å². The van der Waals surface area contributed by atoms with E-state index in [1.54, 1.807) is 0 Å². The fourth-order valence-electron chi connectivity index (χ4n) is 1.55. The Labute approximate surface area is 99.8 Å². The molecule has 0 saturated heterocycles. The van der Waals surface area contributed by atoms with E-state index in [1.807, 2.05) is 18.2 Å². The van der Waals surface area contributed by atoms with Gasteiger partial charge in [0.15, 0.2) is 0 Å². The molecule has 0 fully saturated rings. The Balaban J connectivity index is 2.21. The quantitative estimate of drug-likeness (QED) is 0.856. The van der Waals surface area contributed by atoms with Gasteiger partial charge in [-0.2, -0.15) is 4.37 Å². The number of benzene rings is 1. The van der Waals surface area contributed by atoms with Gasteiger partial charge in [-0.05, 0) is 43.1 Å². The molecule has 0 aliphatic rings. The number of fused-ring (bicyclic) bond motifs is 1. The van der Waals surface area contributed by atoms with Gasteiger partial charge >= 0.3 is 0 Å². The van der Waals surface area contributed by atoms with Crippen LogP contribution in [0.2, 0.25) is 0 Å². The molecule has 86 valence electrons. The van der Waals surface area contributed by atoms with Crippen molar-refractivity contribution in [2.75, 3.05) is 11.9 Å². The van der Waals surface area contributed by atoms with Gasteiger partial charge in [-0.1, -0.05) is 19.1 Å². The van der Waals surface area contributed by atoms with Crippen LogP contribution in [0.15, 0.2) is 24.3 Å². The van der Waals surface area contributed by atoms with Crippen molar-refractivity contribution in [3.63, 3.8) is 0 Å². The second-order valence-corrected chi connectivity index (χ2v) is 4.95. The number of hydrogen-bond donors (Lipinski definition) is 2. The number of anilines is 1. The predicted molar refractivity (Wildman–Crippen MR) is 70.9 cm³/mol. The summed E-state index contributed by atoms with van der Waals surface area (Å²) in [6.45, 7) is 5.01. The van der Waals surface area contributed by atoms with Crippen LogP contribution < -0.4 is 11.1 Å². The van der Waals surface area contributed by atoms with Crippen LogP contribution in [0.1, 0.15) is 13.8 Å². The summed E-state index contributed by atoms with van der Waals surface area (Å²) < 4.78 is 4.40. The third kappa shape index (κ3) is 2.18. The van der Waals surface area contributed by atoms with E-state index < -0.39 is 0 Å². The molecule has 2 aromatic rings. The standard InChI is InChI=1S/C12H17N3S/c1-8(7-13)9(2)14-12-10-5-3-4-6-11(10)15-16-12/h3-6,8-9,14H,7,13H2,1-2H3. The molecule has 3 nitrogen and oxygen atoms in total. The van der Waals surface area contributed by atoms with Crippen molar-refractivity contribution in [1.82, 2.24) is 4.37 Å². The van der Waals surface area contributed by atoms with Crippen LogP contribution in [0.5, 0.6) is 0 Å². The Morgan fingerprint density at radius 1 is 1.38 bits per heavy atom. The molecular formula is C12H17N3S. The predicted octanol–water partition coefficient (Wildman–Crippen LogP) is 2.69. The van der Waals surface area contributed by atoms with Gasteiger partial charge in [0.25, 0.3) is 0 Å². The summed E-state index contributed by atoms with van der Waals surface area (Å²) in [4.78, 5) is 0. The zero-order chi connectivity index (χ0) is 11.5. The van der Waals surface area contributed by atoms with E-state index in [0.29, 0.717) is 18.5 Å². The van der Waals surface area contributed by atoms with Crippen LogP contribution in [0.4, 0.5) is 5.00 Å². The number of hydrogen-bond acceptors (Lipinski definition) is 4. The molecule has 2 atom stereocenters. The number of rotatable bonds is 4. The SMILES string of the molecule is CC(CN)C(C)Nc1snc2ccccc12. The number of nitrogens with zero attached hydrogens (tertiary/aromatic N) is 1. The van der Waals surface area contributed by atoms with Gasteiger partial charge in [-0.25, -0.2) is 0 Å². The van der Waals surface area contributed by atoms with Crippen molar-refractivity contribution in [3.05, 3.63) is 24.3 Å². The third-order valence-corrected chi connectivity index (χ3v) is 3.78. The maximum atomic E-state index is 5.66. The molecule has 0 bridgehead atoms. The van der Waals surface area contributed by atoms with Crippen molar-refractivity contribution in [1.29, 1.82) is 0 Å². The highest BCUT2D eigenvalue weighted by Gasteiger charge is 2.13. The first-order valence-electron chi connectivity index (χ1n) is 5.53. The van der Waals surface area contributed by atoms with Crippen LogP contribution >= 0.6 is 11.5 Å². The van der Waals surface area contributed by atoms with Crippen molar-refractivity contribution >= 4 is 27.4 Å². The monoisotopic (exact) mass is 235 g/mol. The average molecular weight is 235 g/mol. The van der Waals surface area contributed by atoms with E-state index in [0.717, 1.165) is 10.5 Å². The first-order chi connectivity index (χ1) is 7.72. The lowest BCUT2D eigenvalue weighted by atomic mass is 10.0. The van der Waals surface area contributed by atoms with Crippen molar-refractivity contribution in [3.8, 4) is 0 Å². The van der Waals surface area contributed by atoms with Gasteiger partial charge in [0.05, 0.1) is 5.52 Å². The summed E-state index contributed by atoms with van der Waals surface area (Å²) >= 11 is 1.52. The van der Waals surface area contributed by atoms with E-state index in [-0.39, 0.29) is 0 Å². The molecule has 0 aliphatic carbocycles. The first kappa shape index (κ1) is 11.4. The molecule has 0 amide bonds. The second-order valence-electron chi connectivity index (χ2n) is 4.17. The molecule has 0 saturated carbocycles. The Morgan fingerprint density at radius 2 is 2.12 bits per heavy atom. The number of nitrogens with one attached hydrogen (secondary N) is 1. The molecular weight excluding hydrogens is 218 g/mol. The zero-order valence-corrected chi connectivity index (χ0v) is 10.4. The molecule has 1 aromatic heterocycles. The molecule has 4 heteroatoms. The van der Waals surface area contributed by atoms with Gasteiger partial charge in [0.2, 0.25) is 0 Å². The summed E-state index contributed by atoms with van der Waals surface area (Å²) in [5.41, 5.74) is 6.72. The van der Waals surface area contributed by atoms with E-state index in [2.05, 4.69) is 29.6 Å². The van der Waals surface area contributed by atoms with Crippen LogP contribution in [-0.2, 0) is 0 Å². The summed E-state index contributed by atoms with van der Waals surface area (Å²) in [7, 11) is 0. The minimum absolute atomic E-state index is 0.369. The summed E-state index contributed by atoms with van der Waals surface area (Å²) in [5, 5.41) is 5.83. The minimum Gasteiger partial charge on any atom is -0.372 e. The number of aromatic nitrogens is 1. The fourth-order valence-corrected chi connectivity index (χ4v) is 2.40. The fraction of sp³-hybridized carbons (Fsp3) is 0.417. The summed E-state index contributed by atoms with van der Waals surface area (Å²) in [6, 6.07) is 8.56. The lowest BCUT2D eigenvalue weighted by molar-refractivity contribution is 0.522. The Bertz CT molecular complexity index is 466. The largest absolute Gasteiger partial charge is 0.372 e. The van der Waals surface area contributed by atoms with E-state index in [1.165, 1.54) is 16.9 Å². The molecule has 16 heavy (non-hydrogen) atoms. The highest BCUT2D eigenvalue weighted by Crippen LogP contribution is 2.28. The maximum absolute atomic E-state index is 5.66. The maximum Gasteiger partial charge on any atom is 0.117 e. The van der Waals surface area contributed by atoms with Gasteiger partial charge < -0.3 is 11.1 Å². The lowest BCUT2D eigenvalue weighted by Gasteiger charge is -2.19. The first-order valence-corrected chi connectivity index (χ1v) is 6.30. The van der Waals surface area contributed by atoms with E-state index in [4.69, 9.17) is 5.73 Å². The average Bonchev–Trinajstić information content (AvgIpc) is 2.72. The second kappa shape index (κ2) is 4.80. The molecule has 1 heterocycles. The van der Waals surface area contributed by atoms with Crippen LogP contribution in [0.25, 0.3) is 10.9 Å². The molecule has 3 N–H and O–H groups in total.